The maximum atomic E-state index is 11.7. The lowest BCUT2D eigenvalue weighted by Crippen LogP contribution is -2.61. The van der Waals surface area contributed by atoms with Gasteiger partial charge in [0.05, 0.1) is 16.9 Å². The first-order chi connectivity index (χ1) is 8.91. The van der Waals surface area contributed by atoms with Gasteiger partial charge in [0.2, 0.25) is 0 Å². The standard InChI is InChI=1S/C12H21NO6S/c1-5-12(6-20(17,18)7-12)8(9(14)15)13-10(16)19-11(2,3)4/h5,8,17-18H,1,6-7H2,2-4H3,(H,13,16)(H,14,15). The number of ether oxygens (including phenoxy) is 1. The number of amides is 1. The van der Waals surface area contributed by atoms with E-state index < -0.39 is 39.7 Å². The van der Waals surface area contributed by atoms with Gasteiger partial charge in [0.25, 0.3) is 0 Å². The van der Waals surface area contributed by atoms with E-state index in [1.807, 2.05) is 0 Å². The molecule has 4 N–H and O–H groups in total. The molecule has 0 aliphatic carbocycles. The summed E-state index contributed by atoms with van der Waals surface area (Å²) in [5, 5.41) is 11.5. The Kier molecular flexibility index (Phi) is 4.42. The number of nitrogens with one attached hydrogen (secondary N) is 1. The molecule has 0 aromatic heterocycles. The van der Waals surface area contributed by atoms with E-state index in [-0.39, 0.29) is 11.5 Å². The average molecular weight is 307 g/mol. The second-order valence-electron chi connectivity index (χ2n) is 5.95. The van der Waals surface area contributed by atoms with Crippen molar-refractivity contribution in [3.05, 3.63) is 12.7 Å². The second kappa shape index (κ2) is 5.27. The molecule has 0 radical (unpaired) electrons. The van der Waals surface area contributed by atoms with Crippen LogP contribution in [0.1, 0.15) is 20.8 Å². The molecular formula is C12H21NO6S. The third kappa shape index (κ3) is 3.87. The molecule has 1 aliphatic rings. The van der Waals surface area contributed by atoms with Gasteiger partial charge in [-0.2, -0.15) is 10.6 Å². The highest BCUT2D eigenvalue weighted by atomic mass is 32.3. The molecule has 20 heavy (non-hydrogen) atoms. The second-order valence-corrected chi connectivity index (χ2v) is 8.13. The molecule has 0 bridgehead atoms. The van der Waals surface area contributed by atoms with Crippen molar-refractivity contribution in [2.75, 3.05) is 11.5 Å². The Morgan fingerprint density at radius 2 is 1.90 bits per heavy atom. The third-order valence-corrected chi connectivity index (χ3v) is 4.89. The molecule has 0 saturated carbocycles. The molecule has 116 valence electrons. The fraction of sp³-hybridized carbons (Fsp3) is 0.667. The van der Waals surface area contributed by atoms with E-state index in [0.29, 0.717) is 0 Å². The summed E-state index contributed by atoms with van der Waals surface area (Å²) in [5.41, 5.74) is -1.82. The molecule has 8 heteroatoms. The van der Waals surface area contributed by atoms with Crippen LogP contribution in [0.25, 0.3) is 0 Å². The predicted molar refractivity (Wildman–Crippen MR) is 76.0 cm³/mol. The fourth-order valence-electron chi connectivity index (χ4n) is 2.10. The van der Waals surface area contributed by atoms with Gasteiger partial charge in [-0.1, -0.05) is 6.08 Å². The highest BCUT2D eigenvalue weighted by molar-refractivity contribution is 8.25. The van der Waals surface area contributed by atoms with E-state index >= 15 is 0 Å². The monoisotopic (exact) mass is 307 g/mol. The Bertz CT molecular complexity index is 420. The number of carboxylic acids is 1. The summed E-state index contributed by atoms with van der Waals surface area (Å²) in [6.45, 7) is 8.52. The summed E-state index contributed by atoms with van der Waals surface area (Å²) in [7, 11) is -2.78. The van der Waals surface area contributed by atoms with Gasteiger partial charge in [-0.3, -0.25) is 9.11 Å². The lowest BCUT2D eigenvalue weighted by atomic mass is 9.83. The molecule has 1 heterocycles. The summed E-state index contributed by atoms with van der Waals surface area (Å²) >= 11 is 0. The van der Waals surface area contributed by atoms with Crippen molar-refractivity contribution < 1.29 is 28.5 Å². The first-order valence-corrected chi connectivity index (χ1v) is 7.89. The van der Waals surface area contributed by atoms with E-state index in [2.05, 4.69) is 11.9 Å². The van der Waals surface area contributed by atoms with E-state index in [1.165, 1.54) is 6.08 Å². The third-order valence-electron chi connectivity index (χ3n) is 2.89. The minimum Gasteiger partial charge on any atom is -0.480 e. The molecule has 7 nitrogen and oxygen atoms in total. The Labute approximate surface area is 119 Å². The van der Waals surface area contributed by atoms with Gasteiger partial charge in [-0.05, 0) is 20.8 Å². The normalized spacial score (nSPS) is 22.9. The van der Waals surface area contributed by atoms with Crippen molar-refractivity contribution in [2.45, 2.75) is 32.4 Å². The number of rotatable bonds is 4. The molecule has 1 aliphatic heterocycles. The van der Waals surface area contributed by atoms with Crippen LogP contribution >= 0.6 is 10.6 Å². The first-order valence-electron chi connectivity index (χ1n) is 6.00. The summed E-state index contributed by atoms with van der Waals surface area (Å²) in [6.07, 6.45) is 0.482. The number of carbonyl (C=O) groups excluding carboxylic acids is 1. The van der Waals surface area contributed by atoms with Gasteiger partial charge in [-0.15, -0.1) is 6.58 Å². The SMILES string of the molecule is C=CC1(C(NC(=O)OC(C)(C)C)C(=O)O)CS(O)(O)C1. The lowest BCUT2D eigenvalue weighted by Gasteiger charge is -2.56. The van der Waals surface area contributed by atoms with Gasteiger partial charge in [0.1, 0.15) is 11.6 Å². The van der Waals surface area contributed by atoms with E-state index in [4.69, 9.17) is 4.74 Å². The zero-order valence-electron chi connectivity index (χ0n) is 11.8. The maximum absolute atomic E-state index is 11.7. The van der Waals surface area contributed by atoms with Crippen molar-refractivity contribution in [1.82, 2.24) is 5.32 Å². The highest BCUT2D eigenvalue weighted by Crippen LogP contribution is 2.60. The fourth-order valence-corrected chi connectivity index (χ4v) is 4.30. The molecule has 1 saturated heterocycles. The first kappa shape index (κ1) is 16.8. The van der Waals surface area contributed by atoms with Crippen LogP contribution in [-0.4, -0.2) is 49.4 Å². The van der Waals surface area contributed by atoms with Crippen LogP contribution in [0.5, 0.6) is 0 Å². The van der Waals surface area contributed by atoms with Crippen molar-refractivity contribution >= 4 is 22.7 Å². The van der Waals surface area contributed by atoms with E-state index in [1.54, 1.807) is 20.8 Å². The van der Waals surface area contributed by atoms with Crippen molar-refractivity contribution in [3.8, 4) is 0 Å². The average Bonchev–Trinajstić information content (AvgIpc) is 2.19. The van der Waals surface area contributed by atoms with Gasteiger partial charge in [-0.25, -0.2) is 9.59 Å². The minimum atomic E-state index is -2.78. The number of carbonyl (C=O) groups is 2. The topological polar surface area (TPSA) is 116 Å². The molecule has 1 atom stereocenters. The van der Waals surface area contributed by atoms with Crippen LogP contribution in [0.15, 0.2) is 12.7 Å². The molecule has 1 rings (SSSR count). The van der Waals surface area contributed by atoms with Crippen molar-refractivity contribution in [3.63, 3.8) is 0 Å². The summed E-state index contributed by atoms with van der Waals surface area (Å²) in [5.74, 6) is -1.53. The van der Waals surface area contributed by atoms with Crippen LogP contribution < -0.4 is 5.32 Å². The quantitative estimate of drug-likeness (QED) is 0.589. The van der Waals surface area contributed by atoms with Crippen molar-refractivity contribution in [1.29, 1.82) is 0 Å². The number of aliphatic carboxylic acids is 1. The number of carboxylic acid groups (broad SMARTS) is 1. The lowest BCUT2D eigenvalue weighted by molar-refractivity contribution is -0.141. The van der Waals surface area contributed by atoms with Crippen LogP contribution in [-0.2, 0) is 9.53 Å². The van der Waals surface area contributed by atoms with E-state index in [0.717, 1.165) is 0 Å². The molecule has 0 aromatic carbocycles. The Hall–Kier alpha value is -1.25. The minimum absolute atomic E-state index is 0.129. The molecular weight excluding hydrogens is 286 g/mol. The number of alkyl carbamates (subject to hydrolysis) is 1. The van der Waals surface area contributed by atoms with Crippen LogP contribution in [0, 0.1) is 5.41 Å². The molecule has 1 unspecified atom stereocenters. The van der Waals surface area contributed by atoms with Gasteiger partial charge >= 0.3 is 12.1 Å². The van der Waals surface area contributed by atoms with Crippen LogP contribution in [0.4, 0.5) is 4.79 Å². The van der Waals surface area contributed by atoms with Crippen LogP contribution in [0.2, 0.25) is 0 Å². The Balaban J connectivity index is 2.83. The smallest absolute Gasteiger partial charge is 0.408 e. The number of hydrogen-bond donors (Lipinski definition) is 4. The Morgan fingerprint density at radius 3 is 2.20 bits per heavy atom. The molecule has 1 amide bonds. The van der Waals surface area contributed by atoms with Gasteiger partial charge < -0.3 is 15.2 Å². The van der Waals surface area contributed by atoms with Crippen molar-refractivity contribution in [2.24, 2.45) is 5.41 Å². The number of hydrogen-bond acceptors (Lipinski definition) is 5. The van der Waals surface area contributed by atoms with Gasteiger partial charge in [0, 0.05) is 0 Å². The molecule has 0 spiro atoms. The largest absolute Gasteiger partial charge is 0.480 e. The predicted octanol–water partition coefficient (Wildman–Crippen LogP) is 1.90. The van der Waals surface area contributed by atoms with E-state index in [9.17, 15) is 23.8 Å². The van der Waals surface area contributed by atoms with Crippen LogP contribution in [0.3, 0.4) is 0 Å². The Morgan fingerprint density at radius 1 is 1.40 bits per heavy atom. The summed E-state index contributed by atoms with van der Waals surface area (Å²) < 4.78 is 24.0. The zero-order chi connectivity index (χ0) is 15.8. The zero-order valence-corrected chi connectivity index (χ0v) is 12.6. The highest BCUT2D eigenvalue weighted by Gasteiger charge is 2.55. The summed E-state index contributed by atoms with van der Waals surface area (Å²) in [6, 6.07) is -1.31. The van der Waals surface area contributed by atoms with Gasteiger partial charge in [0.15, 0.2) is 0 Å². The molecule has 0 aromatic rings. The maximum Gasteiger partial charge on any atom is 0.408 e. The molecule has 1 fully saturated rings. The summed E-state index contributed by atoms with van der Waals surface area (Å²) in [4.78, 5) is 23.0.